The number of nitrogens with zero attached hydrogens (tertiary/aromatic N) is 3. The summed E-state index contributed by atoms with van der Waals surface area (Å²) in [6, 6.07) is 6.95. The summed E-state index contributed by atoms with van der Waals surface area (Å²) in [5.41, 5.74) is 0.285. The number of amides is 2. The van der Waals surface area contributed by atoms with Gasteiger partial charge in [0, 0.05) is 25.4 Å². The number of carbonyl (C=O) groups excluding carboxylic acids is 2. The molecule has 1 aliphatic heterocycles. The molecule has 2 aromatic heterocycles. The van der Waals surface area contributed by atoms with Gasteiger partial charge >= 0.3 is 0 Å². The van der Waals surface area contributed by atoms with Crippen LogP contribution in [0.25, 0.3) is 0 Å². The maximum Gasteiger partial charge on any atom is 0.276 e. The van der Waals surface area contributed by atoms with Gasteiger partial charge in [0.2, 0.25) is 5.91 Å². The lowest BCUT2D eigenvalue weighted by atomic mass is 9.97. The molecule has 23 heavy (non-hydrogen) atoms. The van der Waals surface area contributed by atoms with Gasteiger partial charge in [0.1, 0.15) is 11.6 Å². The van der Waals surface area contributed by atoms with Crippen molar-refractivity contribution in [3.8, 4) is 0 Å². The zero-order valence-corrected chi connectivity index (χ0v) is 12.9. The minimum atomic E-state index is -0.247. The van der Waals surface area contributed by atoms with E-state index in [1.807, 2.05) is 6.07 Å². The number of nitrogens with one attached hydrogen (secondary N) is 1. The minimum Gasteiger partial charge on any atom is -0.361 e. The molecule has 0 unspecified atom stereocenters. The highest BCUT2D eigenvalue weighted by atomic mass is 16.5. The van der Waals surface area contributed by atoms with Crippen LogP contribution in [0.4, 0.5) is 5.82 Å². The van der Waals surface area contributed by atoms with Crippen molar-refractivity contribution >= 4 is 17.6 Å². The number of piperidine rings is 1. The Morgan fingerprint density at radius 3 is 2.96 bits per heavy atom. The van der Waals surface area contributed by atoms with Crippen LogP contribution in [0.2, 0.25) is 0 Å². The topological polar surface area (TPSA) is 88.3 Å². The molecule has 3 rings (SSSR count). The molecule has 1 fully saturated rings. The second kappa shape index (κ2) is 6.60. The molecule has 0 spiro atoms. The minimum absolute atomic E-state index is 0.113. The normalized spacial score (nSPS) is 17.8. The Bertz CT molecular complexity index is 698. The molecule has 1 saturated heterocycles. The summed E-state index contributed by atoms with van der Waals surface area (Å²) in [7, 11) is 0. The van der Waals surface area contributed by atoms with E-state index in [-0.39, 0.29) is 23.4 Å². The number of anilines is 1. The highest BCUT2D eigenvalue weighted by molar-refractivity contribution is 5.94. The first-order valence-electron chi connectivity index (χ1n) is 7.58. The molecule has 1 atom stereocenters. The fraction of sp³-hybridized carbons (Fsp3) is 0.375. The van der Waals surface area contributed by atoms with Crippen LogP contribution in [0.1, 0.15) is 29.1 Å². The van der Waals surface area contributed by atoms with Gasteiger partial charge in [-0.05, 0) is 31.9 Å². The van der Waals surface area contributed by atoms with Gasteiger partial charge in [-0.2, -0.15) is 0 Å². The average Bonchev–Trinajstić information content (AvgIpc) is 3.01. The molecule has 1 aliphatic rings. The van der Waals surface area contributed by atoms with E-state index in [0.29, 0.717) is 24.7 Å². The van der Waals surface area contributed by atoms with Crippen LogP contribution in [0, 0.1) is 12.8 Å². The van der Waals surface area contributed by atoms with Gasteiger partial charge in [-0.25, -0.2) is 4.98 Å². The van der Waals surface area contributed by atoms with Gasteiger partial charge in [0.25, 0.3) is 5.91 Å². The smallest absolute Gasteiger partial charge is 0.276 e. The van der Waals surface area contributed by atoms with Gasteiger partial charge < -0.3 is 14.7 Å². The fourth-order valence-electron chi connectivity index (χ4n) is 2.67. The van der Waals surface area contributed by atoms with Crippen molar-refractivity contribution in [3.63, 3.8) is 0 Å². The standard InChI is InChI=1S/C16H18N4O3/c1-11-9-13(19-23-11)16(22)20-8-4-5-12(10-20)15(21)18-14-6-2-3-7-17-14/h2-3,6-7,9,12H,4-5,8,10H2,1H3,(H,17,18,21)/t12-/m1/s1. The third-order valence-electron chi connectivity index (χ3n) is 3.84. The lowest BCUT2D eigenvalue weighted by Gasteiger charge is -2.31. The van der Waals surface area contributed by atoms with Crippen LogP contribution in [0.3, 0.4) is 0 Å². The molecule has 7 nitrogen and oxygen atoms in total. The molecule has 3 heterocycles. The molecule has 2 amide bonds. The summed E-state index contributed by atoms with van der Waals surface area (Å²) in [6.07, 6.45) is 3.16. The predicted octanol–water partition coefficient (Wildman–Crippen LogP) is 1.87. The van der Waals surface area contributed by atoms with Crippen LogP contribution < -0.4 is 5.32 Å². The van der Waals surface area contributed by atoms with E-state index >= 15 is 0 Å². The largest absolute Gasteiger partial charge is 0.361 e. The van der Waals surface area contributed by atoms with Gasteiger partial charge in [-0.15, -0.1) is 0 Å². The molecule has 1 N–H and O–H groups in total. The Morgan fingerprint density at radius 1 is 1.39 bits per heavy atom. The molecular weight excluding hydrogens is 296 g/mol. The van der Waals surface area contributed by atoms with Gasteiger partial charge in [-0.3, -0.25) is 9.59 Å². The zero-order valence-electron chi connectivity index (χ0n) is 12.9. The van der Waals surface area contributed by atoms with Crippen molar-refractivity contribution in [2.24, 2.45) is 5.92 Å². The van der Waals surface area contributed by atoms with E-state index in [4.69, 9.17) is 4.52 Å². The Labute approximate surface area is 133 Å². The fourth-order valence-corrected chi connectivity index (χ4v) is 2.67. The summed E-state index contributed by atoms with van der Waals surface area (Å²) >= 11 is 0. The van der Waals surface area contributed by atoms with E-state index in [2.05, 4.69) is 15.5 Å². The van der Waals surface area contributed by atoms with Crippen molar-refractivity contribution in [3.05, 3.63) is 41.9 Å². The lowest BCUT2D eigenvalue weighted by molar-refractivity contribution is -0.121. The second-order valence-electron chi connectivity index (χ2n) is 5.62. The van der Waals surface area contributed by atoms with Crippen LogP contribution in [0.5, 0.6) is 0 Å². The first kappa shape index (κ1) is 15.2. The Balaban J connectivity index is 1.63. The Morgan fingerprint density at radius 2 is 2.26 bits per heavy atom. The molecule has 0 radical (unpaired) electrons. The summed E-state index contributed by atoms with van der Waals surface area (Å²) in [5, 5.41) is 6.54. The quantitative estimate of drug-likeness (QED) is 0.934. The van der Waals surface area contributed by atoms with Crippen molar-refractivity contribution in [2.75, 3.05) is 18.4 Å². The van der Waals surface area contributed by atoms with Crippen molar-refractivity contribution < 1.29 is 14.1 Å². The van der Waals surface area contributed by atoms with Crippen LogP contribution in [0.15, 0.2) is 35.0 Å². The Hall–Kier alpha value is -2.70. The number of aromatic nitrogens is 2. The van der Waals surface area contributed by atoms with Gasteiger partial charge in [-0.1, -0.05) is 11.2 Å². The highest BCUT2D eigenvalue weighted by Crippen LogP contribution is 2.20. The molecular formula is C16H18N4O3. The molecule has 0 aromatic carbocycles. The van der Waals surface area contributed by atoms with Crippen LogP contribution in [-0.2, 0) is 4.79 Å². The number of rotatable bonds is 3. The molecule has 7 heteroatoms. The maximum absolute atomic E-state index is 12.4. The summed E-state index contributed by atoms with van der Waals surface area (Å²) in [5.74, 6) is 0.556. The first-order chi connectivity index (χ1) is 11.1. The van der Waals surface area contributed by atoms with Crippen LogP contribution >= 0.6 is 0 Å². The van der Waals surface area contributed by atoms with E-state index in [1.165, 1.54) is 0 Å². The SMILES string of the molecule is Cc1cc(C(=O)N2CCC[C@@H](C(=O)Nc3ccccn3)C2)no1. The first-order valence-corrected chi connectivity index (χ1v) is 7.58. The molecule has 0 aliphatic carbocycles. The lowest BCUT2D eigenvalue weighted by Crippen LogP contribution is -2.43. The van der Waals surface area contributed by atoms with Crippen molar-refractivity contribution in [2.45, 2.75) is 19.8 Å². The molecule has 120 valence electrons. The van der Waals surface area contributed by atoms with Crippen LogP contribution in [-0.4, -0.2) is 39.9 Å². The maximum atomic E-state index is 12.4. The van der Waals surface area contributed by atoms with E-state index in [9.17, 15) is 9.59 Å². The summed E-state index contributed by atoms with van der Waals surface area (Å²) in [6.45, 7) is 2.74. The monoisotopic (exact) mass is 314 g/mol. The summed E-state index contributed by atoms with van der Waals surface area (Å²) in [4.78, 5) is 30.5. The predicted molar refractivity (Wildman–Crippen MR) is 82.7 cm³/mol. The second-order valence-corrected chi connectivity index (χ2v) is 5.62. The number of likely N-dealkylation sites (tertiary alicyclic amines) is 1. The third-order valence-corrected chi connectivity index (χ3v) is 3.84. The van der Waals surface area contributed by atoms with Crippen molar-refractivity contribution in [1.29, 1.82) is 0 Å². The molecule has 0 saturated carbocycles. The zero-order chi connectivity index (χ0) is 16.2. The van der Waals surface area contributed by atoms with Gasteiger partial charge in [0.15, 0.2) is 5.69 Å². The summed E-state index contributed by atoms with van der Waals surface area (Å²) < 4.78 is 4.94. The number of pyridine rings is 1. The number of hydrogen-bond donors (Lipinski definition) is 1. The molecule has 2 aromatic rings. The number of hydrogen-bond acceptors (Lipinski definition) is 5. The third kappa shape index (κ3) is 3.56. The van der Waals surface area contributed by atoms with E-state index in [1.54, 1.807) is 36.2 Å². The number of carbonyl (C=O) groups is 2. The average molecular weight is 314 g/mol. The van der Waals surface area contributed by atoms with E-state index in [0.717, 1.165) is 12.8 Å². The molecule has 0 bridgehead atoms. The number of aryl methyl sites for hydroxylation is 1. The van der Waals surface area contributed by atoms with Gasteiger partial charge in [0.05, 0.1) is 5.92 Å². The van der Waals surface area contributed by atoms with E-state index < -0.39 is 0 Å². The Kier molecular flexibility index (Phi) is 4.36. The van der Waals surface area contributed by atoms with Crippen molar-refractivity contribution in [1.82, 2.24) is 15.0 Å². The highest BCUT2D eigenvalue weighted by Gasteiger charge is 2.30.